The van der Waals surface area contributed by atoms with Gasteiger partial charge < -0.3 is 0 Å². The molecule has 3 aromatic heterocycles. The van der Waals surface area contributed by atoms with Gasteiger partial charge in [0.15, 0.2) is 11.3 Å². The van der Waals surface area contributed by atoms with E-state index in [0.717, 1.165) is 28.9 Å². The summed E-state index contributed by atoms with van der Waals surface area (Å²) in [7, 11) is 0. The van der Waals surface area contributed by atoms with Gasteiger partial charge in [-0.3, -0.25) is 4.40 Å². The first-order chi connectivity index (χ1) is 7.34. The third-order valence-corrected chi connectivity index (χ3v) is 2.98. The van der Waals surface area contributed by atoms with Crippen LogP contribution in [0.2, 0.25) is 0 Å². The molecule has 2 bridgehead atoms. The maximum absolute atomic E-state index is 4.54. The molecule has 0 fully saturated rings. The number of nitrogens with zero attached hydrogens (tertiary/aromatic N) is 5. The molecule has 4 rings (SSSR count). The van der Waals surface area contributed by atoms with Crippen LogP contribution < -0.4 is 0 Å². The van der Waals surface area contributed by atoms with Crippen molar-refractivity contribution in [3.63, 3.8) is 0 Å². The van der Waals surface area contributed by atoms with E-state index in [1.165, 1.54) is 11.1 Å². The lowest BCUT2D eigenvalue weighted by atomic mass is 10.1. The zero-order chi connectivity index (χ0) is 9.99. The molecule has 0 N–H and O–H groups in total. The largest absolute Gasteiger partial charge is 0.262 e. The van der Waals surface area contributed by atoms with Crippen LogP contribution in [-0.2, 0) is 6.42 Å². The van der Waals surface area contributed by atoms with Gasteiger partial charge in [0.05, 0.1) is 5.69 Å². The summed E-state index contributed by atoms with van der Waals surface area (Å²) >= 11 is 0. The molecule has 0 aromatic carbocycles. The monoisotopic (exact) mass is 197 g/mol. The van der Waals surface area contributed by atoms with E-state index >= 15 is 0 Å². The lowest BCUT2D eigenvalue weighted by Gasteiger charge is -1.99. The summed E-state index contributed by atoms with van der Waals surface area (Å²) in [5, 5.41) is 7.97. The molecule has 0 radical (unpaired) electrons. The van der Waals surface area contributed by atoms with Crippen LogP contribution in [0.1, 0.15) is 16.8 Å². The summed E-state index contributed by atoms with van der Waals surface area (Å²) in [6.07, 6.45) is 4.44. The lowest BCUT2D eigenvalue weighted by molar-refractivity contribution is 1.09. The maximum Gasteiger partial charge on any atom is 0.184 e. The van der Waals surface area contributed by atoms with Gasteiger partial charge in [0.1, 0.15) is 11.8 Å². The summed E-state index contributed by atoms with van der Waals surface area (Å²) in [5.74, 6) is 0. The fourth-order valence-corrected chi connectivity index (χ4v) is 2.19. The molecule has 0 amide bonds. The van der Waals surface area contributed by atoms with E-state index in [9.17, 15) is 0 Å². The number of aryl methyl sites for hydroxylation is 1. The average Bonchev–Trinajstić information content (AvgIpc) is 2.82. The number of fused-ring (bicyclic) bond motifs is 4. The van der Waals surface area contributed by atoms with Crippen LogP contribution in [0.3, 0.4) is 0 Å². The third-order valence-electron chi connectivity index (χ3n) is 2.98. The molecule has 0 spiro atoms. The van der Waals surface area contributed by atoms with Crippen LogP contribution in [0.15, 0.2) is 12.5 Å². The number of pyridine rings is 1. The van der Waals surface area contributed by atoms with E-state index < -0.39 is 0 Å². The topological polar surface area (TPSA) is 56.0 Å². The smallest absolute Gasteiger partial charge is 0.184 e. The molecule has 0 atom stereocenters. The van der Waals surface area contributed by atoms with E-state index in [2.05, 4.69) is 27.1 Å². The summed E-state index contributed by atoms with van der Waals surface area (Å²) in [6.45, 7) is 2.07. The van der Waals surface area contributed by atoms with Gasteiger partial charge >= 0.3 is 0 Å². The quantitative estimate of drug-likeness (QED) is 0.420. The summed E-state index contributed by atoms with van der Waals surface area (Å²) in [4.78, 5) is 8.94. The Kier molecular flexibility index (Phi) is 1.03. The molecule has 0 unspecified atom stereocenters. The Morgan fingerprint density at radius 3 is 3.20 bits per heavy atom. The first-order valence-corrected chi connectivity index (χ1v) is 4.81. The Morgan fingerprint density at radius 2 is 2.27 bits per heavy atom. The third kappa shape index (κ3) is 0.707. The molecular weight excluding hydrogens is 190 g/mol. The molecule has 72 valence electrons. The Morgan fingerprint density at radius 1 is 1.33 bits per heavy atom. The van der Waals surface area contributed by atoms with Crippen molar-refractivity contribution in [2.75, 3.05) is 0 Å². The minimum Gasteiger partial charge on any atom is -0.262 e. The molecule has 1 aliphatic heterocycles. The predicted molar refractivity (Wildman–Crippen MR) is 53.6 cm³/mol. The normalized spacial score (nSPS) is 13.4. The molecule has 15 heavy (non-hydrogen) atoms. The molecule has 0 aliphatic carbocycles. The van der Waals surface area contributed by atoms with E-state index in [-0.39, 0.29) is 0 Å². The van der Waals surface area contributed by atoms with Crippen molar-refractivity contribution in [2.24, 2.45) is 0 Å². The van der Waals surface area contributed by atoms with Crippen LogP contribution in [0, 0.1) is 6.92 Å². The highest BCUT2D eigenvalue weighted by Crippen LogP contribution is 2.29. The zero-order valence-corrected chi connectivity index (χ0v) is 8.10. The van der Waals surface area contributed by atoms with Crippen LogP contribution in [0.5, 0.6) is 0 Å². The number of hydrogen-bond donors (Lipinski definition) is 0. The van der Waals surface area contributed by atoms with Crippen molar-refractivity contribution in [3.05, 3.63) is 29.3 Å². The van der Waals surface area contributed by atoms with Crippen molar-refractivity contribution < 1.29 is 0 Å². The van der Waals surface area contributed by atoms with Crippen LogP contribution in [0.25, 0.3) is 16.8 Å². The van der Waals surface area contributed by atoms with E-state index in [1.807, 2.05) is 10.6 Å². The second-order valence-electron chi connectivity index (χ2n) is 3.85. The molecule has 3 aromatic rings. The first kappa shape index (κ1) is 7.28. The molecule has 0 saturated heterocycles. The van der Waals surface area contributed by atoms with E-state index in [0.29, 0.717) is 0 Å². The Bertz CT molecular complexity index is 712. The summed E-state index contributed by atoms with van der Waals surface area (Å²) in [5.41, 5.74) is 6.17. The number of hydrogen-bond acceptors (Lipinski definition) is 4. The summed E-state index contributed by atoms with van der Waals surface area (Å²) in [6, 6.07) is 0. The van der Waals surface area contributed by atoms with Crippen molar-refractivity contribution in [3.8, 4) is 0 Å². The molecule has 1 aliphatic rings. The van der Waals surface area contributed by atoms with Crippen LogP contribution in [0.4, 0.5) is 0 Å². The van der Waals surface area contributed by atoms with Crippen LogP contribution >= 0.6 is 0 Å². The van der Waals surface area contributed by atoms with E-state index in [1.54, 1.807) is 6.33 Å². The lowest BCUT2D eigenvalue weighted by Crippen LogP contribution is -1.93. The van der Waals surface area contributed by atoms with Gasteiger partial charge in [-0.15, -0.1) is 10.2 Å². The molecular formula is C10H7N5. The second-order valence-corrected chi connectivity index (χ2v) is 3.85. The number of rotatable bonds is 0. The van der Waals surface area contributed by atoms with Gasteiger partial charge in [0.25, 0.3) is 0 Å². The standard InChI is InChI=1S/C10H7N5/c1-5-3-11-10-8-6(5)2-7(13-8)9-14-12-4-15(9)10/h3-4H,2H2,1H3. The predicted octanol–water partition coefficient (Wildman–Crippen LogP) is 0.885. The minimum absolute atomic E-state index is 0.829. The molecule has 5 heteroatoms. The highest BCUT2D eigenvalue weighted by molar-refractivity contribution is 5.82. The molecule has 4 heterocycles. The molecule has 5 nitrogen and oxygen atoms in total. The first-order valence-electron chi connectivity index (χ1n) is 4.81. The highest BCUT2D eigenvalue weighted by Gasteiger charge is 2.22. The van der Waals surface area contributed by atoms with Gasteiger partial charge in [0, 0.05) is 12.6 Å². The van der Waals surface area contributed by atoms with Crippen molar-refractivity contribution in [1.29, 1.82) is 0 Å². The maximum atomic E-state index is 4.54. The molecule has 0 saturated carbocycles. The second kappa shape index (κ2) is 2.13. The summed E-state index contributed by atoms with van der Waals surface area (Å²) < 4.78 is 1.91. The minimum atomic E-state index is 0.829. The Balaban J connectivity index is 2.39. The Labute approximate surface area is 84.8 Å². The SMILES string of the molecule is Cc1cnc2c3nc(c4nncn42)Cc13. The van der Waals surface area contributed by atoms with E-state index in [4.69, 9.17) is 0 Å². The van der Waals surface area contributed by atoms with Crippen molar-refractivity contribution >= 4 is 16.8 Å². The average molecular weight is 197 g/mol. The fraction of sp³-hybridized carbons (Fsp3) is 0.200. The van der Waals surface area contributed by atoms with Gasteiger partial charge in [-0.25, -0.2) is 9.97 Å². The highest BCUT2D eigenvalue weighted by atomic mass is 15.2. The van der Waals surface area contributed by atoms with Gasteiger partial charge in [-0.2, -0.15) is 0 Å². The van der Waals surface area contributed by atoms with Gasteiger partial charge in [-0.05, 0) is 18.1 Å². The fourth-order valence-electron chi connectivity index (χ4n) is 2.19. The van der Waals surface area contributed by atoms with Crippen molar-refractivity contribution in [1.82, 2.24) is 24.6 Å². The Hall–Kier alpha value is -2.04. The zero-order valence-electron chi connectivity index (χ0n) is 8.10. The van der Waals surface area contributed by atoms with Gasteiger partial charge in [0.2, 0.25) is 0 Å². The number of aromatic nitrogens is 5. The van der Waals surface area contributed by atoms with Crippen LogP contribution in [-0.4, -0.2) is 24.6 Å². The van der Waals surface area contributed by atoms with Gasteiger partial charge in [-0.1, -0.05) is 0 Å². The van der Waals surface area contributed by atoms with Crippen molar-refractivity contribution in [2.45, 2.75) is 13.3 Å².